The van der Waals surface area contributed by atoms with Gasteiger partial charge in [0.1, 0.15) is 5.75 Å². The number of methoxy groups -OCH3 is 1. The summed E-state index contributed by atoms with van der Waals surface area (Å²) in [6, 6.07) is 4.73. The minimum Gasteiger partial charge on any atom is -0.495 e. The van der Waals surface area contributed by atoms with Crippen LogP contribution in [0.15, 0.2) is 18.2 Å². The molecular weight excluding hydrogens is 342 g/mol. The molecular formula is C18H26ClN3O3. The number of rotatable bonds is 3. The number of halogens is 1. The van der Waals surface area contributed by atoms with Crippen LogP contribution in [-0.4, -0.2) is 36.0 Å². The number of hydrogen-bond acceptors (Lipinski definition) is 4. The standard InChI is InChI=1S/C18H26ClN3O3/c1-17(2)9-12(10-18(3,4)22-17)21-16(24)15(23)20-11-6-7-13(19)14(8-11)25-5/h6-8,12,22H,9-10H2,1-5H3,(H,20,23)(H,21,24). The molecule has 1 aliphatic rings. The van der Waals surface area contributed by atoms with Crippen LogP contribution < -0.4 is 20.7 Å². The molecule has 0 unspecified atom stereocenters. The minimum absolute atomic E-state index is 0.0655. The van der Waals surface area contributed by atoms with Crippen LogP contribution in [0.2, 0.25) is 5.02 Å². The Balaban J connectivity index is 1.99. The average molecular weight is 368 g/mol. The number of hydrogen-bond donors (Lipinski definition) is 3. The fraction of sp³-hybridized carbons (Fsp3) is 0.556. The van der Waals surface area contributed by atoms with E-state index in [9.17, 15) is 9.59 Å². The van der Waals surface area contributed by atoms with Crippen LogP contribution >= 0.6 is 11.6 Å². The lowest BCUT2D eigenvalue weighted by atomic mass is 9.79. The van der Waals surface area contributed by atoms with E-state index in [4.69, 9.17) is 16.3 Å². The predicted octanol–water partition coefficient (Wildman–Crippen LogP) is 2.71. The van der Waals surface area contributed by atoms with Crippen LogP contribution in [-0.2, 0) is 9.59 Å². The van der Waals surface area contributed by atoms with Crippen LogP contribution in [0.3, 0.4) is 0 Å². The molecule has 3 N–H and O–H groups in total. The molecule has 7 heteroatoms. The minimum atomic E-state index is -0.710. The monoisotopic (exact) mass is 367 g/mol. The molecule has 25 heavy (non-hydrogen) atoms. The Kier molecular flexibility index (Phi) is 5.64. The highest BCUT2D eigenvalue weighted by atomic mass is 35.5. The van der Waals surface area contributed by atoms with Gasteiger partial charge in [-0.1, -0.05) is 11.6 Å². The largest absolute Gasteiger partial charge is 0.495 e. The average Bonchev–Trinajstić information content (AvgIpc) is 2.45. The van der Waals surface area contributed by atoms with Crippen LogP contribution in [0.5, 0.6) is 5.75 Å². The van der Waals surface area contributed by atoms with Crippen molar-refractivity contribution in [3.05, 3.63) is 23.2 Å². The summed E-state index contributed by atoms with van der Waals surface area (Å²) >= 11 is 5.95. The molecule has 0 saturated carbocycles. The number of amides is 2. The first kappa shape index (κ1) is 19.5. The second-order valence-electron chi connectivity index (χ2n) is 7.77. The van der Waals surface area contributed by atoms with Crippen LogP contribution in [0.25, 0.3) is 0 Å². The van der Waals surface area contributed by atoms with E-state index < -0.39 is 11.8 Å². The van der Waals surface area contributed by atoms with Crippen molar-refractivity contribution in [2.24, 2.45) is 0 Å². The fourth-order valence-electron chi connectivity index (χ4n) is 3.60. The van der Waals surface area contributed by atoms with Crippen molar-refractivity contribution in [1.29, 1.82) is 0 Å². The number of anilines is 1. The van der Waals surface area contributed by atoms with Gasteiger partial charge in [0.15, 0.2) is 0 Å². The molecule has 138 valence electrons. The van der Waals surface area contributed by atoms with E-state index >= 15 is 0 Å². The third-order valence-electron chi connectivity index (χ3n) is 4.14. The molecule has 1 aromatic carbocycles. The summed E-state index contributed by atoms with van der Waals surface area (Å²) < 4.78 is 5.10. The summed E-state index contributed by atoms with van der Waals surface area (Å²) in [6.07, 6.45) is 1.51. The van der Waals surface area contributed by atoms with Gasteiger partial charge >= 0.3 is 11.8 Å². The van der Waals surface area contributed by atoms with Crippen molar-refractivity contribution in [2.75, 3.05) is 12.4 Å². The van der Waals surface area contributed by atoms with E-state index in [1.54, 1.807) is 18.2 Å². The van der Waals surface area contributed by atoms with Gasteiger partial charge in [-0.3, -0.25) is 9.59 Å². The number of benzene rings is 1. The maximum absolute atomic E-state index is 12.3. The lowest BCUT2D eigenvalue weighted by molar-refractivity contribution is -0.137. The van der Waals surface area contributed by atoms with Crippen LogP contribution in [0.4, 0.5) is 5.69 Å². The number of ether oxygens (including phenoxy) is 1. The highest BCUT2D eigenvalue weighted by molar-refractivity contribution is 6.39. The van der Waals surface area contributed by atoms with E-state index in [1.807, 2.05) is 0 Å². The Morgan fingerprint density at radius 2 is 1.76 bits per heavy atom. The maximum Gasteiger partial charge on any atom is 0.313 e. The molecule has 2 rings (SSSR count). The maximum atomic E-state index is 12.3. The molecule has 1 fully saturated rings. The Hall–Kier alpha value is -1.79. The molecule has 0 radical (unpaired) electrons. The lowest BCUT2D eigenvalue weighted by Crippen LogP contribution is -2.62. The molecule has 1 aliphatic heterocycles. The molecule has 0 atom stereocenters. The Labute approximate surface area is 153 Å². The second-order valence-corrected chi connectivity index (χ2v) is 8.18. The first-order valence-electron chi connectivity index (χ1n) is 8.26. The molecule has 2 amide bonds. The number of carbonyl (C=O) groups excluding carboxylic acids is 2. The first-order chi connectivity index (χ1) is 11.5. The second kappa shape index (κ2) is 7.22. The number of nitrogens with one attached hydrogen (secondary N) is 3. The Morgan fingerprint density at radius 1 is 1.16 bits per heavy atom. The van der Waals surface area contributed by atoms with Gasteiger partial charge in [-0.25, -0.2) is 0 Å². The Bertz CT molecular complexity index is 658. The van der Waals surface area contributed by atoms with Crippen molar-refractivity contribution < 1.29 is 14.3 Å². The van der Waals surface area contributed by atoms with Crippen LogP contribution in [0, 0.1) is 0 Å². The molecule has 1 heterocycles. The van der Waals surface area contributed by atoms with E-state index in [-0.39, 0.29) is 17.1 Å². The topological polar surface area (TPSA) is 79.5 Å². The highest BCUT2D eigenvalue weighted by Gasteiger charge is 2.38. The number of piperidine rings is 1. The lowest BCUT2D eigenvalue weighted by Gasteiger charge is -2.46. The van der Waals surface area contributed by atoms with Crippen molar-refractivity contribution in [2.45, 2.75) is 57.7 Å². The quantitative estimate of drug-likeness (QED) is 0.718. The fourth-order valence-corrected chi connectivity index (χ4v) is 3.80. The van der Waals surface area contributed by atoms with Crippen molar-refractivity contribution in [3.63, 3.8) is 0 Å². The zero-order chi connectivity index (χ0) is 18.8. The smallest absolute Gasteiger partial charge is 0.313 e. The van der Waals surface area contributed by atoms with E-state index in [1.165, 1.54) is 7.11 Å². The van der Waals surface area contributed by atoms with E-state index in [2.05, 4.69) is 43.6 Å². The molecule has 0 bridgehead atoms. The van der Waals surface area contributed by atoms with Gasteiger partial charge in [-0.2, -0.15) is 0 Å². The highest BCUT2D eigenvalue weighted by Crippen LogP contribution is 2.29. The van der Waals surface area contributed by atoms with Gasteiger partial charge in [-0.05, 0) is 52.7 Å². The molecule has 0 aromatic heterocycles. The van der Waals surface area contributed by atoms with Gasteiger partial charge in [0.05, 0.1) is 12.1 Å². The zero-order valence-corrected chi connectivity index (χ0v) is 16.1. The van der Waals surface area contributed by atoms with Gasteiger partial charge < -0.3 is 20.7 Å². The van der Waals surface area contributed by atoms with Gasteiger partial charge in [0, 0.05) is 28.9 Å². The summed E-state index contributed by atoms with van der Waals surface area (Å²) in [5.74, 6) is -0.923. The molecule has 1 aromatic rings. The Morgan fingerprint density at radius 3 is 2.32 bits per heavy atom. The van der Waals surface area contributed by atoms with Gasteiger partial charge in [-0.15, -0.1) is 0 Å². The predicted molar refractivity (Wildman–Crippen MR) is 99.1 cm³/mol. The summed E-state index contributed by atoms with van der Waals surface area (Å²) in [5.41, 5.74) is 0.228. The summed E-state index contributed by atoms with van der Waals surface area (Å²) in [5, 5.41) is 9.39. The van der Waals surface area contributed by atoms with Crippen molar-refractivity contribution >= 4 is 29.1 Å². The van der Waals surface area contributed by atoms with Crippen molar-refractivity contribution in [1.82, 2.24) is 10.6 Å². The third-order valence-corrected chi connectivity index (χ3v) is 4.45. The van der Waals surface area contributed by atoms with Crippen molar-refractivity contribution in [3.8, 4) is 5.75 Å². The third kappa shape index (κ3) is 5.34. The first-order valence-corrected chi connectivity index (χ1v) is 8.64. The SMILES string of the molecule is COc1cc(NC(=O)C(=O)NC2CC(C)(C)NC(C)(C)C2)ccc1Cl. The zero-order valence-electron chi connectivity index (χ0n) is 15.3. The number of carbonyl (C=O) groups is 2. The van der Waals surface area contributed by atoms with Gasteiger partial charge in [0.25, 0.3) is 0 Å². The normalized spacial score (nSPS) is 19.1. The van der Waals surface area contributed by atoms with E-state index in [0.29, 0.717) is 16.5 Å². The molecule has 0 spiro atoms. The van der Waals surface area contributed by atoms with Crippen LogP contribution in [0.1, 0.15) is 40.5 Å². The summed E-state index contributed by atoms with van der Waals surface area (Å²) in [6.45, 7) is 8.36. The molecule has 6 nitrogen and oxygen atoms in total. The van der Waals surface area contributed by atoms with Gasteiger partial charge in [0.2, 0.25) is 0 Å². The van der Waals surface area contributed by atoms with E-state index in [0.717, 1.165) is 12.8 Å². The summed E-state index contributed by atoms with van der Waals surface area (Å²) in [4.78, 5) is 24.4. The summed E-state index contributed by atoms with van der Waals surface area (Å²) in [7, 11) is 1.49. The molecule has 0 aliphatic carbocycles. The molecule has 1 saturated heterocycles.